The minimum atomic E-state index is -5.07. The van der Waals surface area contributed by atoms with E-state index in [4.69, 9.17) is 9.84 Å². The lowest BCUT2D eigenvalue weighted by Gasteiger charge is -2.33. The first kappa shape index (κ1) is 41.6. The Kier molecular flexibility index (Phi) is 10.9. The first-order valence-corrected chi connectivity index (χ1v) is 19.1. The molecule has 0 fully saturated rings. The predicted molar refractivity (Wildman–Crippen MR) is 202 cm³/mol. The predicted octanol–water partition coefficient (Wildman–Crippen LogP) is 12.0. The van der Waals surface area contributed by atoms with E-state index in [0.29, 0.717) is 41.4 Å². The molecule has 1 aliphatic heterocycles. The summed E-state index contributed by atoms with van der Waals surface area (Å²) in [5.41, 5.74) is 0.519. The summed E-state index contributed by atoms with van der Waals surface area (Å²) in [6, 6.07) is 15.3. The number of hydrogen-bond acceptors (Lipinski definition) is 6. The molecule has 308 valence electrons. The smallest absolute Gasteiger partial charge is 0.418 e. The van der Waals surface area contributed by atoms with E-state index < -0.39 is 62.0 Å². The molecule has 0 N–H and O–H groups in total. The summed E-state index contributed by atoms with van der Waals surface area (Å²) in [6.45, 7) is 6.74. The van der Waals surface area contributed by atoms with Gasteiger partial charge in [-0.3, -0.25) is 4.90 Å². The third-order valence-corrected chi connectivity index (χ3v) is 11.0. The Bertz CT molecular complexity index is 2590. The molecule has 0 spiro atoms. The normalized spacial score (nSPS) is 14.3. The van der Waals surface area contributed by atoms with E-state index in [0.717, 1.165) is 33.5 Å². The molecule has 1 aliphatic rings. The SMILES string of the molecule is CCc1cccc(CC)c1-n1nc2c(c1-c1ccc(F)c3c1ccn3C(=O)OCc1ccc(OP=O)c(F)c1)CN(Cc1ccc(C(F)(F)F)cc1C(F)(F)F)C2(C)C. The third-order valence-electron chi connectivity index (χ3n) is 10.7. The highest BCUT2D eigenvalue weighted by atomic mass is 31.1. The second-order valence-electron chi connectivity index (χ2n) is 14.5. The van der Waals surface area contributed by atoms with Crippen LogP contribution in [0.15, 0.2) is 79.0 Å². The van der Waals surface area contributed by atoms with Crippen molar-refractivity contribution in [3.63, 3.8) is 0 Å². The first-order chi connectivity index (χ1) is 27.9. The number of carbonyl (C=O) groups excluding carboxylic acids is 1. The zero-order valence-corrected chi connectivity index (χ0v) is 32.8. The number of fused-ring (bicyclic) bond motifs is 2. The maximum atomic E-state index is 15.9. The van der Waals surface area contributed by atoms with Gasteiger partial charge in [-0.05, 0) is 91.4 Å². The van der Waals surface area contributed by atoms with Crippen LogP contribution in [0.5, 0.6) is 5.75 Å². The number of rotatable bonds is 10. The quantitative estimate of drug-likeness (QED) is 0.101. The number of alkyl halides is 6. The highest BCUT2D eigenvalue weighted by Crippen LogP contribution is 2.48. The highest BCUT2D eigenvalue weighted by molar-refractivity contribution is 7.17. The number of ether oxygens (including phenoxy) is 1. The van der Waals surface area contributed by atoms with Crippen LogP contribution in [0.1, 0.15) is 72.3 Å². The van der Waals surface area contributed by atoms with Gasteiger partial charge in [0.05, 0.1) is 39.3 Å². The number of aromatic nitrogens is 3. The van der Waals surface area contributed by atoms with E-state index in [1.54, 1.807) is 23.4 Å². The van der Waals surface area contributed by atoms with Crippen LogP contribution in [0, 0.1) is 11.6 Å². The average Bonchev–Trinajstić information content (AvgIpc) is 3.86. The molecule has 4 aromatic carbocycles. The van der Waals surface area contributed by atoms with Crippen molar-refractivity contribution in [2.75, 3.05) is 0 Å². The van der Waals surface area contributed by atoms with Crippen LogP contribution >= 0.6 is 8.69 Å². The largest absolute Gasteiger partial charge is 0.444 e. The number of aryl methyl sites for hydroxylation is 2. The van der Waals surface area contributed by atoms with Crippen LogP contribution in [0.3, 0.4) is 0 Å². The summed E-state index contributed by atoms with van der Waals surface area (Å²) in [5, 5.41) is 5.41. The molecule has 0 saturated carbocycles. The topological polar surface area (TPSA) is 78.6 Å². The van der Waals surface area contributed by atoms with Gasteiger partial charge in [0.2, 0.25) is 0 Å². The van der Waals surface area contributed by atoms with Crippen molar-refractivity contribution < 1.29 is 53.7 Å². The van der Waals surface area contributed by atoms with Crippen molar-refractivity contribution in [2.24, 2.45) is 0 Å². The van der Waals surface area contributed by atoms with E-state index in [2.05, 4.69) is 4.52 Å². The summed E-state index contributed by atoms with van der Waals surface area (Å²) < 4.78 is 137. The zero-order valence-electron chi connectivity index (χ0n) is 31.9. The Hall–Kier alpha value is -5.60. The first-order valence-electron chi connectivity index (χ1n) is 18.4. The molecule has 59 heavy (non-hydrogen) atoms. The van der Waals surface area contributed by atoms with Crippen LogP contribution in [-0.2, 0) is 59.7 Å². The van der Waals surface area contributed by atoms with Crippen LogP contribution in [0.4, 0.5) is 39.9 Å². The monoisotopic (exact) mass is 842 g/mol. The summed E-state index contributed by atoms with van der Waals surface area (Å²) >= 11 is 0. The molecule has 6 aromatic rings. The Morgan fingerprint density at radius 3 is 2.20 bits per heavy atom. The molecule has 0 bridgehead atoms. The minimum Gasteiger partial charge on any atom is -0.444 e. The standard InChI is InChI=1S/C42H35F8N4O4P/c1-5-24-8-7-9-25(6-2)35(24)54-36(30-21-52(40(3,4)38(30)51-54)20-26-11-12-27(41(45,46)47)19-31(26)42(48,49)50)28-13-14-32(43)37-29(28)16-17-53(37)39(55)57-22-23-10-15-34(58-59-56)33(44)18-23/h7-19H,5-6,20-22H2,1-4H3. The molecule has 2 aromatic heterocycles. The van der Waals surface area contributed by atoms with Crippen LogP contribution < -0.4 is 4.52 Å². The fraction of sp³-hybridized carbons (Fsp3) is 0.286. The van der Waals surface area contributed by atoms with E-state index in [9.17, 15) is 40.1 Å². The lowest BCUT2D eigenvalue weighted by molar-refractivity contribution is -0.143. The van der Waals surface area contributed by atoms with E-state index in [1.165, 1.54) is 36.5 Å². The summed E-state index contributed by atoms with van der Waals surface area (Å²) in [4.78, 5) is 15.2. The van der Waals surface area contributed by atoms with Gasteiger partial charge in [-0.2, -0.15) is 31.4 Å². The van der Waals surface area contributed by atoms with Gasteiger partial charge in [0.1, 0.15) is 12.4 Å². The summed E-state index contributed by atoms with van der Waals surface area (Å²) in [7, 11) is -0.755. The van der Waals surface area contributed by atoms with Crippen molar-refractivity contribution in [2.45, 2.75) is 78.1 Å². The molecule has 0 aliphatic carbocycles. The molecule has 0 atom stereocenters. The van der Waals surface area contributed by atoms with Gasteiger partial charge in [0.15, 0.2) is 11.6 Å². The summed E-state index contributed by atoms with van der Waals surface area (Å²) in [5.74, 6) is -1.89. The number of hydrogen-bond donors (Lipinski definition) is 0. The molecule has 0 saturated heterocycles. The number of para-hydroxylation sites is 1. The van der Waals surface area contributed by atoms with Gasteiger partial charge >= 0.3 is 27.1 Å². The molecule has 0 radical (unpaired) electrons. The van der Waals surface area contributed by atoms with Crippen molar-refractivity contribution >= 4 is 25.7 Å². The van der Waals surface area contributed by atoms with Gasteiger partial charge < -0.3 is 9.26 Å². The van der Waals surface area contributed by atoms with Gasteiger partial charge in [0, 0.05) is 35.8 Å². The molecule has 8 nitrogen and oxygen atoms in total. The van der Waals surface area contributed by atoms with Crippen LogP contribution in [-0.4, -0.2) is 25.3 Å². The lowest BCUT2D eigenvalue weighted by Crippen LogP contribution is -2.36. The molecule has 7 rings (SSSR count). The average molecular weight is 843 g/mol. The fourth-order valence-electron chi connectivity index (χ4n) is 7.71. The highest BCUT2D eigenvalue weighted by Gasteiger charge is 2.45. The minimum absolute atomic E-state index is 0.0160. The van der Waals surface area contributed by atoms with Gasteiger partial charge in [0.25, 0.3) is 0 Å². The van der Waals surface area contributed by atoms with Crippen molar-refractivity contribution in [3.8, 4) is 22.7 Å². The molecule has 3 heterocycles. The van der Waals surface area contributed by atoms with E-state index in [1.807, 2.05) is 32.0 Å². The van der Waals surface area contributed by atoms with E-state index >= 15 is 4.39 Å². The van der Waals surface area contributed by atoms with Crippen LogP contribution in [0.25, 0.3) is 27.8 Å². The van der Waals surface area contributed by atoms with E-state index in [-0.39, 0.29) is 46.9 Å². The fourth-order valence-corrected chi connectivity index (χ4v) is 7.94. The number of nitrogens with zero attached hydrogens (tertiary/aromatic N) is 4. The second-order valence-corrected chi connectivity index (χ2v) is 14.9. The Labute approximate surface area is 334 Å². The lowest BCUT2D eigenvalue weighted by atomic mass is 9.96. The Balaban J connectivity index is 1.34. The van der Waals surface area contributed by atoms with Gasteiger partial charge in [-0.1, -0.05) is 44.2 Å². The second kappa shape index (κ2) is 15.5. The van der Waals surface area contributed by atoms with Crippen molar-refractivity contribution in [1.82, 2.24) is 19.2 Å². The summed E-state index contributed by atoms with van der Waals surface area (Å²) in [6.07, 6.45) is -8.50. The third kappa shape index (κ3) is 7.59. The van der Waals surface area contributed by atoms with Crippen LogP contribution in [0.2, 0.25) is 0 Å². The number of carbonyl (C=O) groups is 1. The van der Waals surface area contributed by atoms with Gasteiger partial charge in [-0.15, -0.1) is 0 Å². The molecule has 17 heteroatoms. The number of halogens is 8. The van der Waals surface area contributed by atoms with Crippen molar-refractivity contribution in [1.29, 1.82) is 0 Å². The number of benzene rings is 4. The molecule has 0 amide bonds. The van der Waals surface area contributed by atoms with Crippen molar-refractivity contribution in [3.05, 3.63) is 135 Å². The zero-order chi connectivity index (χ0) is 42.6. The van der Waals surface area contributed by atoms with Gasteiger partial charge in [-0.25, -0.2) is 27.4 Å². The Morgan fingerprint density at radius 2 is 1.58 bits per heavy atom. The Morgan fingerprint density at radius 1 is 0.864 bits per heavy atom. The maximum absolute atomic E-state index is 15.9. The maximum Gasteiger partial charge on any atom is 0.418 e. The molecular weight excluding hydrogens is 807 g/mol. The molecular formula is C42H35F8N4O4P. The molecule has 0 unspecified atom stereocenters.